The second-order valence-corrected chi connectivity index (χ2v) is 3.47. The monoisotopic (exact) mass is 206 g/mol. The molecule has 0 spiro atoms. The molecule has 0 heterocycles. The summed E-state index contributed by atoms with van der Waals surface area (Å²) in [5.41, 5.74) is 0. The molecule has 0 rings (SSSR count). The Morgan fingerprint density at radius 3 is 2.33 bits per heavy atom. The van der Waals surface area contributed by atoms with Gasteiger partial charge in [0.1, 0.15) is 0 Å². The summed E-state index contributed by atoms with van der Waals surface area (Å²) < 4.78 is 0. The van der Waals surface area contributed by atoms with Crippen molar-refractivity contribution in [2.75, 3.05) is 18.8 Å². The van der Waals surface area contributed by atoms with Crippen molar-refractivity contribution in [3.8, 4) is 0 Å². The molecule has 2 N–H and O–H groups in total. The molecule has 0 radical (unpaired) electrons. The van der Waals surface area contributed by atoms with Gasteiger partial charge in [-0.15, -0.1) is 0 Å². The average Bonchev–Trinajstić information content (AvgIpc) is 2.06. The minimum absolute atomic E-state index is 0.769. The van der Waals surface area contributed by atoms with Crippen molar-refractivity contribution in [3.63, 3.8) is 0 Å². The molecule has 0 aromatic rings. The molecule has 0 saturated heterocycles. The zero-order valence-corrected chi connectivity index (χ0v) is 9.31. The summed E-state index contributed by atoms with van der Waals surface area (Å²) in [5.74, 6) is 0.907. The molecule has 0 atom stereocenters. The number of hydrogen-bond donors (Lipinski definition) is 3. The normalized spacial score (nSPS) is 9.50. The summed E-state index contributed by atoms with van der Waals surface area (Å²) in [5, 5.41) is 7.02. The van der Waals surface area contributed by atoms with E-state index in [9.17, 15) is 0 Å². The second kappa shape index (κ2) is 9.13. The first kappa shape index (κ1) is 12.0. The fourth-order valence-electron chi connectivity index (χ4n) is 0.722. The van der Waals surface area contributed by atoms with Crippen molar-refractivity contribution < 1.29 is 0 Å². The van der Waals surface area contributed by atoms with Gasteiger partial charge < -0.3 is 10.6 Å². The van der Waals surface area contributed by atoms with Crippen LogP contribution in [0.1, 0.15) is 26.2 Å². The number of thiocarbonyl (C=S) groups is 1. The van der Waals surface area contributed by atoms with E-state index in [-0.39, 0.29) is 0 Å². The third-order valence-electron chi connectivity index (χ3n) is 1.44. The predicted octanol–water partition coefficient (Wildman–Crippen LogP) is 1.57. The molecule has 0 aliphatic rings. The van der Waals surface area contributed by atoms with Crippen molar-refractivity contribution >= 4 is 30.0 Å². The van der Waals surface area contributed by atoms with Crippen molar-refractivity contribution in [2.24, 2.45) is 0 Å². The molecule has 0 aromatic carbocycles. The molecule has 12 heavy (non-hydrogen) atoms. The van der Waals surface area contributed by atoms with E-state index < -0.39 is 0 Å². The summed E-state index contributed by atoms with van der Waals surface area (Å²) in [6.45, 7) is 4.06. The Morgan fingerprint density at radius 1 is 1.25 bits per heavy atom. The van der Waals surface area contributed by atoms with Gasteiger partial charge in [0.25, 0.3) is 0 Å². The van der Waals surface area contributed by atoms with Gasteiger partial charge in [-0.05, 0) is 30.8 Å². The van der Waals surface area contributed by atoms with Crippen LogP contribution >= 0.6 is 24.8 Å². The number of nitrogens with one attached hydrogen (secondary N) is 2. The molecular weight excluding hydrogens is 188 g/mol. The molecule has 4 heteroatoms. The van der Waals surface area contributed by atoms with Crippen LogP contribution in [-0.2, 0) is 0 Å². The standard InChI is InChI=1S/C8H18N2S2/c1-2-3-5-9-8(12)10-6-4-7-11/h11H,2-7H2,1H3,(H2,9,10,12). The van der Waals surface area contributed by atoms with Gasteiger partial charge in [0.2, 0.25) is 0 Å². The van der Waals surface area contributed by atoms with E-state index in [0.717, 1.165) is 30.4 Å². The first-order chi connectivity index (χ1) is 5.81. The van der Waals surface area contributed by atoms with E-state index in [1.807, 2.05) is 0 Å². The summed E-state index contributed by atoms with van der Waals surface area (Å²) >= 11 is 9.14. The number of rotatable bonds is 6. The Bertz CT molecular complexity index is 106. The van der Waals surface area contributed by atoms with Crippen molar-refractivity contribution in [1.29, 1.82) is 0 Å². The van der Waals surface area contributed by atoms with E-state index >= 15 is 0 Å². The lowest BCUT2D eigenvalue weighted by Gasteiger charge is -2.08. The maximum absolute atomic E-state index is 5.03. The van der Waals surface area contributed by atoms with Crippen molar-refractivity contribution in [1.82, 2.24) is 10.6 Å². The Balaban J connectivity index is 3.10. The van der Waals surface area contributed by atoms with Crippen molar-refractivity contribution in [3.05, 3.63) is 0 Å². The summed E-state index contributed by atoms with van der Waals surface area (Å²) in [4.78, 5) is 0. The third-order valence-corrected chi connectivity index (χ3v) is 2.04. The average molecular weight is 206 g/mol. The maximum atomic E-state index is 5.03. The lowest BCUT2D eigenvalue weighted by molar-refractivity contribution is 0.735. The van der Waals surface area contributed by atoms with Crippen LogP contribution in [0.5, 0.6) is 0 Å². The molecule has 0 bridgehead atoms. The van der Waals surface area contributed by atoms with Crippen molar-refractivity contribution in [2.45, 2.75) is 26.2 Å². The van der Waals surface area contributed by atoms with Crippen LogP contribution in [0.4, 0.5) is 0 Å². The maximum Gasteiger partial charge on any atom is 0.166 e. The molecule has 0 aliphatic heterocycles. The van der Waals surface area contributed by atoms with Gasteiger partial charge >= 0.3 is 0 Å². The van der Waals surface area contributed by atoms with Gasteiger partial charge in [0.15, 0.2) is 5.11 Å². The van der Waals surface area contributed by atoms with E-state index in [1.54, 1.807) is 0 Å². The minimum atomic E-state index is 0.769. The highest BCUT2D eigenvalue weighted by molar-refractivity contribution is 7.80. The van der Waals surface area contributed by atoms with Gasteiger partial charge in [-0.1, -0.05) is 13.3 Å². The quantitative estimate of drug-likeness (QED) is 0.349. The van der Waals surface area contributed by atoms with Gasteiger partial charge in [0, 0.05) is 13.1 Å². The van der Waals surface area contributed by atoms with Crippen LogP contribution in [-0.4, -0.2) is 24.0 Å². The fourth-order valence-corrected chi connectivity index (χ4v) is 1.08. The van der Waals surface area contributed by atoms with Crippen LogP contribution in [0, 0.1) is 0 Å². The zero-order chi connectivity index (χ0) is 9.23. The highest BCUT2D eigenvalue weighted by atomic mass is 32.1. The van der Waals surface area contributed by atoms with Crippen LogP contribution in [0.2, 0.25) is 0 Å². The molecule has 0 fully saturated rings. The third kappa shape index (κ3) is 8.14. The summed E-state index contributed by atoms with van der Waals surface area (Å²) in [6, 6.07) is 0. The first-order valence-corrected chi connectivity index (χ1v) is 5.48. The summed E-state index contributed by atoms with van der Waals surface area (Å²) in [7, 11) is 0. The largest absolute Gasteiger partial charge is 0.363 e. The number of thiol groups is 1. The smallest absolute Gasteiger partial charge is 0.166 e. The van der Waals surface area contributed by atoms with Gasteiger partial charge in [-0.25, -0.2) is 0 Å². The molecule has 0 aromatic heterocycles. The first-order valence-electron chi connectivity index (χ1n) is 4.43. The van der Waals surface area contributed by atoms with Crippen LogP contribution in [0.25, 0.3) is 0 Å². The SMILES string of the molecule is CCCCNC(=S)NCCCS. The molecule has 0 saturated carbocycles. The van der Waals surface area contributed by atoms with E-state index in [0.29, 0.717) is 0 Å². The molecular formula is C8H18N2S2. The van der Waals surface area contributed by atoms with E-state index in [2.05, 4.69) is 30.2 Å². The van der Waals surface area contributed by atoms with Gasteiger partial charge in [0.05, 0.1) is 0 Å². The topological polar surface area (TPSA) is 24.1 Å². The molecule has 0 aliphatic carbocycles. The molecule has 0 amide bonds. The molecule has 2 nitrogen and oxygen atoms in total. The van der Waals surface area contributed by atoms with Crippen LogP contribution in [0.3, 0.4) is 0 Å². The molecule has 0 unspecified atom stereocenters. The van der Waals surface area contributed by atoms with Gasteiger partial charge in [-0.3, -0.25) is 0 Å². The lowest BCUT2D eigenvalue weighted by atomic mass is 10.3. The summed E-state index contributed by atoms with van der Waals surface area (Å²) in [6.07, 6.45) is 3.43. The Hall–Kier alpha value is 0.0400. The van der Waals surface area contributed by atoms with E-state index in [1.165, 1.54) is 12.8 Å². The predicted molar refractivity (Wildman–Crippen MR) is 62.0 cm³/mol. The second-order valence-electron chi connectivity index (χ2n) is 2.61. The van der Waals surface area contributed by atoms with Gasteiger partial charge in [-0.2, -0.15) is 12.6 Å². The van der Waals surface area contributed by atoms with E-state index in [4.69, 9.17) is 12.2 Å². The molecule has 72 valence electrons. The Kier molecular flexibility index (Phi) is 9.16. The number of unbranched alkanes of at least 4 members (excludes halogenated alkanes) is 1. The lowest BCUT2D eigenvalue weighted by Crippen LogP contribution is -2.36. The van der Waals surface area contributed by atoms with Crippen LogP contribution in [0.15, 0.2) is 0 Å². The highest BCUT2D eigenvalue weighted by Gasteiger charge is 1.91. The minimum Gasteiger partial charge on any atom is -0.363 e. The zero-order valence-electron chi connectivity index (χ0n) is 7.60. The Morgan fingerprint density at radius 2 is 1.83 bits per heavy atom. The fraction of sp³-hybridized carbons (Fsp3) is 0.875. The van der Waals surface area contributed by atoms with Crippen LogP contribution < -0.4 is 10.6 Å². The number of hydrogen-bond acceptors (Lipinski definition) is 2. The Labute approximate surface area is 85.9 Å². The highest BCUT2D eigenvalue weighted by Crippen LogP contribution is 1.83.